The molecule has 3 N–H and O–H groups in total. The van der Waals surface area contributed by atoms with Crippen molar-refractivity contribution in [1.29, 1.82) is 0 Å². The van der Waals surface area contributed by atoms with Crippen LogP contribution in [0.3, 0.4) is 0 Å². The average Bonchev–Trinajstić information content (AvgIpc) is 3.05. The smallest absolute Gasteiger partial charge is 0.294 e. The molecule has 0 saturated heterocycles. The highest BCUT2D eigenvalue weighted by atomic mass is 32.2. The number of hydrogen-bond donors (Lipinski definition) is 3. The molecule has 0 radical (unpaired) electrons. The molecule has 0 amide bonds. The first-order valence-electron chi connectivity index (χ1n) is 9.44. The quantitative estimate of drug-likeness (QED) is 0.364. The Labute approximate surface area is 176 Å². The molecule has 30 heavy (non-hydrogen) atoms. The number of nitrogens with one attached hydrogen (secondary N) is 2. The molecule has 0 saturated carbocycles. The van der Waals surface area contributed by atoms with Crippen LogP contribution in [-0.4, -0.2) is 18.0 Å². The highest BCUT2D eigenvalue weighted by Gasteiger charge is 2.07. The van der Waals surface area contributed by atoms with E-state index in [1.165, 1.54) is 28.6 Å². The molecule has 0 atom stereocenters. The number of aryl methyl sites for hydroxylation is 2. The maximum Gasteiger partial charge on any atom is 0.294 e. The zero-order valence-corrected chi connectivity index (χ0v) is 17.6. The van der Waals surface area contributed by atoms with Crippen LogP contribution in [0.5, 0.6) is 0 Å². The first-order chi connectivity index (χ1) is 14.3. The molecule has 0 aliphatic carbocycles. The van der Waals surface area contributed by atoms with Crippen molar-refractivity contribution in [2.45, 2.75) is 18.7 Å². The highest BCUT2D eigenvalue weighted by Crippen LogP contribution is 2.22. The van der Waals surface area contributed by atoms with Gasteiger partial charge in [0.25, 0.3) is 10.1 Å². The van der Waals surface area contributed by atoms with Crippen LogP contribution >= 0.6 is 0 Å². The number of anilines is 1. The molecule has 1 heterocycles. The lowest BCUT2D eigenvalue weighted by Crippen LogP contribution is -1.96. The molecule has 0 fully saturated rings. The fourth-order valence-electron chi connectivity index (χ4n) is 2.94. The molecule has 0 spiro atoms. The lowest BCUT2D eigenvalue weighted by molar-refractivity contribution is 0.483. The van der Waals surface area contributed by atoms with Gasteiger partial charge in [0.05, 0.1) is 4.90 Å². The minimum absolute atomic E-state index is 0.0666. The molecule has 4 aromatic rings. The van der Waals surface area contributed by atoms with Crippen LogP contribution in [0.15, 0.2) is 90.0 Å². The van der Waals surface area contributed by atoms with E-state index < -0.39 is 10.1 Å². The first kappa shape index (κ1) is 21.4. The van der Waals surface area contributed by atoms with Crippen LogP contribution in [0.2, 0.25) is 0 Å². The maximum absolute atomic E-state index is 10.5. The number of benzene rings is 3. The van der Waals surface area contributed by atoms with Crippen molar-refractivity contribution >= 4 is 32.8 Å². The Hall–Kier alpha value is -3.35. The largest absolute Gasteiger partial charge is 0.362 e. The summed E-state index contributed by atoms with van der Waals surface area (Å²) in [5, 5.41) is 4.54. The van der Waals surface area contributed by atoms with E-state index in [-0.39, 0.29) is 4.90 Å². The maximum atomic E-state index is 10.5. The lowest BCUT2D eigenvalue weighted by Gasteiger charge is -1.98. The third kappa shape index (κ3) is 5.59. The van der Waals surface area contributed by atoms with Gasteiger partial charge in [-0.25, -0.2) is 0 Å². The summed E-state index contributed by atoms with van der Waals surface area (Å²) in [6.07, 6.45) is 4.04. The number of aromatic amines is 1. The van der Waals surface area contributed by atoms with Crippen molar-refractivity contribution in [1.82, 2.24) is 4.98 Å². The van der Waals surface area contributed by atoms with E-state index in [0.29, 0.717) is 0 Å². The van der Waals surface area contributed by atoms with Crippen molar-refractivity contribution < 1.29 is 13.0 Å². The Morgan fingerprint density at radius 3 is 2.13 bits per heavy atom. The number of rotatable bonds is 4. The van der Waals surface area contributed by atoms with Crippen LogP contribution in [0.1, 0.15) is 16.8 Å². The molecule has 154 valence electrons. The zero-order chi connectivity index (χ0) is 21.6. The van der Waals surface area contributed by atoms with E-state index in [1.807, 2.05) is 49.5 Å². The van der Waals surface area contributed by atoms with Crippen LogP contribution in [0.4, 0.5) is 5.69 Å². The Morgan fingerprint density at radius 2 is 1.50 bits per heavy atom. The molecular weight excluding hydrogens is 396 g/mol. The standard InChI is InChI=1S/C17H16N2.C7H8O3S/c1-13-15-9-5-6-10-17(15)19-16(13)11-12-18-14-7-3-2-4-8-14;1-6-2-4-7(5-3-6)11(8,9)10/h2-12,18-19H,1H3;2-5H,1H3,(H,8,9,10)/b12-11+;. The first-order valence-corrected chi connectivity index (χ1v) is 10.9. The van der Waals surface area contributed by atoms with E-state index in [9.17, 15) is 8.42 Å². The van der Waals surface area contributed by atoms with E-state index >= 15 is 0 Å². The van der Waals surface area contributed by atoms with Crippen molar-refractivity contribution in [2.75, 3.05) is 5.32 Å². The Kier molecular flexibility index (Phi) is 6.72. The minimum Gasteiger partial charge on any atom is -0.362 e. The second kappa shape index (κ2) is 9.43. The molecule has 5 nitrogen and oxygen atoms in total. The second-order valence-corrected chi connectivity index (χ2v) is 8.26. The SMILES string of the molecule is Cc1c(/C=C/Nc2ccccc2)[nH]c2ccccc12.Cc1ccc(S(=O)(=O)O)cc1. The Balaban J connectivity index is 0.000000199. The van der Waals surface area contributed by atoms with Gasteiger partial charge in [0, 0.05) is 28.5 Å². The summed E-state index contributed by atoms with van der Waals surface area (Å²) in [4.78, 5) is 3.36. The summed E-state index contributed by atoms with van der Waals surface area (Å²) in [5.41, 5.74) is 5.65. The van der Waals surface area contributed by atoms with Gasteiger partial charge in [-0.3, -0.25) is 4.55 Å². The predicted octanol–water partition coefficient (Wildman–Crippen LogP) is 5.80. The van der Waals surface area contributed by atoms with Crippen molar-refractivity contribution in [3.8, 4) is 0 Å². The number of hydrogen-bond acceptors (Lipinski definition) is 3. The summed E-state index contributed by atoms with van der Waals surface area (Å²) in [5.74, 6) is 0. The zero-order valence-electron chi connectivity index (χ0n) is 16.8. The summed E-state index contributed by atoms with van der Waals surface area (Å²) >= 11 is 0. The van der Waals surface area contributed by atoms with Crippen LogP contribution in [0, 0.1) is 13.8 Å². The summed E-state index contributed by atoms with van der Waals surface area (Å²) in [7, 11) is -4.02. The molecule has 0 bridgehead atoms. The van der Waals surface area contributed by atoms with Crippen molar-refractivity contribution in [3.63, 3.8) is 0 Å². The third-order valence-electron chi connectivity index (χ3n) is 4.60. The molecule has 1 aromatic heterocycles. The molecular formula is C24H24N2O3S. The summed E-state index contributed by atoms with van der Waals surface area (Å²) in [6, 6.07) is 24.5. The Morgan fingerprint density at radius 1 is 0.867 bits per heavy atom. The normalized spacial score (nSPS) is 11.3. The van der Waals surface area contributed by atoms with Gasteiger partial charge in [-0.05, 0) is 55.8 Å². The molecule has 0 unspecified atom stereocenters. The van der Waals surface area contributed by atoms with Crippen molar-refractivity contribution in [2.24, 2.45) is 0 Å². The Bertz CT molecular complexity index is 1240. The van der Waals surface area contributed by atoms with Gasteiger partial charge in [0.1, 0.15) is 0 Å². The topological polar surface area (TPSA) is 82.2 Å². The average molecular weight is 421 g/mol. The van der Waals surface area contributed by atoms with Crippen LogP contribution in [0.25, 0.3) is 17.0 Å². The fourth-order valence-corrected chi connectivity index (χ4v) is 3.42. The van der Waals surface area contributed by atoms with E-state index in [0.717, 1.165) is 16.9 Å². The summed E-state index contributed by atoms with van der Waals surface area (Å²) in [6.45, 7) is 3.98. The van der Waals surface area contributed by atoms with Gasteiger partial charge < -0.3 is 10.3 Å². The van der Waals surface area contributed by atoms with Gasteiger partial charge in [-0.15, -0.1) is 0 Å². The number of fused-ring (bicyclic) bond motifs is 1. The minimum atomic E-state index is -4.02. The molecule has 6 heteroatoms. The van der Waals surface area contributed by atoms with Gasteiger partial charge in [-0.2, -0.15) is 8.42 Å². The highest BCUT2D eigenvalue weighted by molar-refractivity contribution is 7.85. The lowest BCUT2D eigenvalue weighted by atomic mass is 10.1. The van der Waals surface area contributed by atoms with Crippen LogP contribution < -0.4 is 5.32 Å². The fraction of sp³-hybridized carbons (Fsp3) is 0.0833. The molecule has 4 rings (SSSR count). The van der Waals surface area contributed by atoms with E-state index in [4.69, 9.17) is 4.55 Å². The van der Waals surface area contributed by atoms with E-state index in [2.05, 4.69) is 41.5 Å². The van der Waals surface area contributed by atoms with E-state index in [1.54, 1.807) is 12.1 Å². The number of aromatic nitrogens is 1. The number of H-pyrrole nitrogens is 1. The molecule has 0 aliphatic heterocycles. The monoisotopic (exact) mass is 420 g/mol. The molecule has 3 aromatic carbocycles. The number of para-hydroxylation sites is 2. The predicted molar refractivity (Wildman–Crippen MR) is 123 cm³/mol. The van der Waals surface area contributed by atoms with Gasteiger partial charge in [0.2, 0.25) is 0 Å². The molecule has 0 aliphatic rings. The van der Waals surface area contributed by atoms with Gasteiger partial charge >= 0.3 is 0 Å². The van der Waals surface area contributed by atoms with Crippen LogP contribution in [-0.2, 0) is 10.1 Å². The van der Waals surface area contributed by atoms with Gasteiger partial charge in [0.15, 0.2) is 0 Å². The van der Waals surface area contributed by atoms with Gasteiger partial charge in [-0.1, -0.05) is 54.1 Å². The second-order valence-electron chi connectivity index (χ2n) is 6.84. The third-order valence-corrected chi connectivity index (χ3v) is 5.46. The summed E-state index contributed by atoms with van der Waals surface area (Å²) < 4.78 is 29.6. The van der Waals surface area contributed by atoms with Crippen molar-refractivity contribution in [3.05, 3.63) is 102 Å².